The number of aryl methyl sites for hydroxylation is 1. The highest BCUT2D eigenvalue weighted by Crippen LogP contribution is 2.23. The van der Waals surface area contributed by atoms with Crippen molar-refractivity contribution in [3.05, 3.63) is 32.9 Å². The molecule has 20 heavy (non-hydrogen) atoms. The lowest BCUT2D eigenvalue weighted by molar-refractivity contribution is 0.0747. The zero-order chi connectivity index (χ0) is 13.4. The van der Waals surface area contributed by atoms with Gasteiger partial charge in [-0.25, -0.2) is 0 Å². The zero-order valence-corrected chi connectivity index (χ0v) is 14.5. The first-order valence-corrected chi connectivity index (χ1v) is 8.03. The summed E-state index contributed by atoms with van der Waals surface area (Å²) in [5.74, 6) is 0.197. The minimum absolute atomic E-state index is 0. The van der Waals surface area contributed by atoms with Gasteiger partial charge in [-0.2, -0.15) is 0 Å². The molecule has 2 saturated heterocycles. The van der Waals surface area contributed by atoms with E-state index in [4.69, 9.17) is 0 Å². The second-order valence-electron chi connectivity index (χ2n) is 5.61. The third-order valence-electron chi connectivity index (χ3n) is 4.23. The Morgan fingerprint density at radius 2 is 2.05 bits per heavy atom. The number of likely N-dealkylation sites (tertiary alicyclic amines) is 1. The summed E-state index contributed by atoms with van der Waals surface area (Å²) in [6, 6.07) is 7.11. The molecular formula is C15H20ClIN2O. The lowest BCUT2D eigenvalue weighted by Gasteiger charge is -2.25. The SMILES string of the molecule is Cc1cccc(C(=O)N2CCC3CCC(C2)N3)c1I.Cl. The van der Waals surface area contributed by atoms with Gasteiger partial charge in [0.1, 0.15) is 0 Å². The first kappa shape index (κ1) is 16.0. The van der Waals surface area contributed by atoms with Gasteiger partial charge in [-0.3, -0.25) is 4.79 Å². The van der Waals surface area contributed by atoms with Crippen molar-refractivity contribution in [2.45, 2.75) is 38.3 Å². The first-order valence-electron chi connectivity index (χ1n) is 6.95. The maximum Gasteiger partial charge on any atom is 0.254 e. The molecule has 1 N–H and O–H groups in total. The number of halogens is 2. The van der Waals surface area contributed by atoms with Crippen molar-refractivity contribution in [3.63, 3.8) is 0 Å². The summed E-state index contributed by atoms with van der Waals surface area (Å²) in [6.45, 7) is 3.81. The van der Waals surface area contributed by atoms with Crippen LogP contribution < -0.4 is 5.32 Å². The number of fused-ring (bicyclic) bond motifs is 2. The summed E-state index contributed by atoms with van der Waals surface area (Å²) < 4.78 is 1.09. The van der Waals surface area contributed by atoms with Gasteiger partial charge in [0, 0.05) is 28.7 Å². The van der Waals surface area contributed by atoms with Crippen LogP contribution >= 0.6 is 35.0 Å². The van der Waals surface area contributed by atoms with Crippen LogP contribution in [-0.2, 0) is 0 Å². The average Bonchev–Trinajstić information content (AvgIpc) is 2.72. The minimum Gasteiger partial charge on any atom is -0.337 e. The fraction of sp³-hybridized carbons (Fsp3) is 0.533. The summed E-state index contributed by atoms with van der Waals surface area (Å²) in [5.41, 5.74) is 2.04. The van der Waals surface area contributed by atoms with Crippen LogP contribution in [0.3, 0.4) is 0 Å². The van der Waals surface area contributed by atoms with Crippen LogP contribution in [0.25, 0.3) is 0 Å². The lowest BCUT2D eigenvalue weighted by Crippen LogP contribution is -2.39. The number of hydrogen-bond donors (Lipinski definition) is 1. The predicted octanol–water partition coefficient (Wildman–Crippen LogP) is 2.99. The Labute approximate surface area is 140 Å². The minimum atomic E-state index is 0. The van der Waals surface area contributed by atoms with Crippen molar-refractivity contribution >= 4 is 40.9 Å². The zero-order valence-electron chi connectivity index (χ0n) is 11.6. The second-order valence-corrected chi connectivity index (χ2v) is 6.69. The molecule has 2 unspecified atom stereocenters. The molecule has 0 aliphatic carbocycles. The third-order valence-corrected chi connectivity index (χ3v) is 5.66. The molecule has 2 aliphatic rings. The number of carbonyl (C=O) groups excluding carboxylic acids is 1. The number of nitrogens with zero attached hydrogens (tertiary/aromatic N) is 1. The molecule has 1 aromatic rings. The van der Waals surface area contributed by atoms with Crippen LogP contribution in [-0.4, -0.2) is 36.0 Å². The highest BCUT2D eigenvalue weighted by atomic mass is 127. The monoisotopic (exact) mass is 406 g/mol. The Morgan fingerprint density at radius 1 is 1.30 bits per heavy atom. The Kier molecular flexibility index (Phi) is 5.31. The summed E-state index contributed by atoms with van der Waals surface area (Å²) in [7, 11) is 0. The largest absolute Gasteiger partial charge is 0.337 e. The molecule has 0 aromatic heterocycles. The standard InChI is InChI=1S/C15H19IN2O.ClH/c1-10-3-2-4-13(14(10)16)15(19)18-8-7-11-5-6-12(9-18)17-11;/h2-4,11-12,17H,5-9H2,1H3;1H. The summed E-state index contributed by atoms with van der Waals surface area (Å²) in [6.07, 6.45) is 3.57. The van der Waals surface area contributed by atoms with Gasteiger partial charge in [0.2, 0.25) is 0 Å². The molecule has 2 atom stereocenters. The summed E-state index contributed by atoms with van der Waals surface area (Å²) in [5, 5.41) is 3.62. The highest BCUT2D eigenvalue weighted by molar-refractivity contribution is 14.1. The van der Waals surface area contributed by atoms with Crippen molar-refractivity contribution < 1.29 is 4.79 Å². The molecule has 110 valence electrons. The van der Waals surface area contributed by atoms with E-state index < -0.39 is 0 Å². The van der Waals surface area contributed by atoms with Crippen LogP contribution in [0, 0.1) is 10.5 Å². The first-order chi connectivity index (χ1) is 9.15. The number of hydrogen-bond acceptors (Lipinski definition) is 2. The highest BCUT2D eigenvalue weighted by Gasteiger charge is 2.31. The van der Waals surface area contributed by atoms with E-state index in [1.807, 2.05) is 17.0 Å². The molecule has 3 nitrogen and oxygen atoms in total. The van der Waals surface area contributed by atoms with Crippen molar-refractivity contribution in [1.82, 2.24) is 10.2 Å². The summed E-state index contributed by atoms with van der Waals surface area (Å²) >= 11 is 2.29. The molecule has 1 aromatic carbocycles. The van der Waals surface area contributed by atoms with Gasteiger partial charge in [-0.05, 0) is 60.4 Å². The van der Waals surface area contributed by atoms with E-state index in [0.717, 1.165) is 28.6 Å². The van der Waals surface area contributed by atoms with Gasteiger partial charge in [-0.1, -0.05) is 12.1 Å². The van der Waals surface area contributed by atoms with E-state index in [2.05, 4.69) is 40.9 Å². The van der Waals surface area contributed by atoms with E-state index in [9.17, 15) is 4.79 Å². The Balaban J connectivity index is 0.00000147. The molecule has 0 saturated carbocycles. The Hall–Kier alpha value is -0.330. The van der Waals surface area contributed by atoms with Crippen molar-refractivity contribution in [2.24, 2.45) is 0 Å². The van der Waals surface area contributed by atoms with E-state index in [-0.39, 0.29) is 18.3 Å². The van der Waals surface area contributed by atoms with Gasteiger partial charge in [-0.15, -0.1) is 12.4 Å². The lowest BCUT2D eigenvalue weighted by atomic mass is 10.1. The Bertz CT molecular complexity index is 509. The van der Waals surface area contributed by atoms with Crippen LogP contribution in [0.5, 0.6) is 0 Å². The van der Waals surface area contributed by atoms with Gasteiger partial charge in [0.25, 0.3) is 5.91 Å². The van der Waals surface area contributed by atoms with Gasteiger partial charge >= 0.3 is 0 Å². The Morgan fingerprint density at radius 3 is 2.85 bits per heavy atom. The molecule has 0 spiro atoms. The molecular weight excluding hydrogens is 387 g/mol. The van der Waals surface area contributed by atoms with Crippen LogP contribution in [0.15, 0.2) is 18.2 Å². The summed E-state index contributed by atoms with van der Waals surface area (Å²) in [4.78, 5) is 14.7. The topological polar surface area (TPSA) is 32.3 Å². The van der Waals surface area contributed by atoms with Gasteiger partial charge < -0.3 is 10.2 Å². The average molecular weight is 407 g/mol. The number of amides is 1. The molecule has 3 rings (SSSR count). The fourth-order valence-corrected chi connectivity index (χ4v) is 3.70. The molecule has 2 aliphatic heterocycles. The molecule has 2 heterocycles. The number of carbonyl (C=O) groups is 1. The molecule has 2 bridgehead atoms. The van der Waals surface area contributed by atoms with Crippen molar-refractivity contribution in [3.8, 4) is 0 Å². The molecule has 5 heteroatoms. The van der Waals surface area contributed by atoms with Gasteiger partial charge in [0.05, 0.1) is 5.56 Å². The number of benzene rings is 1. The van der Waals surface area contributed by atoms with E-state index >= 15 is 0 Å². The molecule has 0 radical (unpaired) electrons. The normalized spacial score (nSPS) is 25.0. The smallest absolute Gasteiger partial charge is 0.254 e. The van der Waals surface area contributed by atoms with E-state index in [1.54, 1.807) is 0 Å². The van der Waals surface area contributed by atoms with Crippen LogP contribution in [0.1, 0.15) is 35.2 Å². The maximum atomic E-state index is 12.7. The van der Waals surface area contributed by atoms with Crippen molar-refractivity contribution in [2.75, 3.05) is 13.1 Å². The van der Waals surface area contributed by atoms with E-state index in [1.165, 1.54) is 18.4 Å². The second kappa shape index (κ2) is 6.62. The van der Waals surface area contributed by atoms with Crippen LogP contribution in [0.4, 0.5) is 0 Å². The van der Waals surface area contributed by atoms with Gasteiger partial charge in [0.15, 0.2) is 0 Å². The van der Waals surface area contributed by atoms with Crippen molar-refractivity contribution in [1.29, 1.82) is 0 Å². The maximum absolute atomic E-state index is 12.7. The molecule has 2 fully saturated rings. The number of nitrogens with one attached hydrogen (secondary N) is 1. The molecule has 1 amide bonds. The third kappa shape index (κ3) is 3.12. The predicted molar refractivity (Wildman–Crippen MR) is 91.6 cm³/mol. The quantitative estimate of drug-likeness (QED) is 0.727. The van der Waals surface area contributed by atoms with Crippen LogP contribution in [0.2, 0.25) is 0 Å². The fourth-order valence-electron chi connectivity index (χ4n) is 3.11. The van der Waals surface area contributed by atoms with E-state index in [0.29, 0.717) is 12.1 Å². The number of rotatable bonds is 1.